The Morgan fingerprint density at radius 3 is 3.08 bits per heavy atom. The normalized spacial score (nSPS) is 44.8. The monoisotopic (exact) mass is 172 g/mol. The van der Waals surface area contributed by atoms with Crippen LogP contribution in [0.25, 0.3) is 0 Å². The van der Waals surface area contributed by atoms with E-state index >= 15 is 0 Å². The van der Waals surface area contributed by atoms with Gasteiger partial charge in [0.15, 0.2) is 0 Å². The van der Waals surface area contributed by atoms with Crippen molar-refractivity contribution >= 4 is 0 Å². The second-order valence-corrected chi connectivity index (χ2v) is 3.84. The van der Waals surface area contributed by atoms with Crippen molar-refractivity contribution in [1.29, 1.82) is 0 Å². The lowest BCUT2D eigenvalue weighted by atomic mass is 9.96. The molecule has 0 aromatic heterocycles. The van der Waals surface area contributed by atoms with Gasteiger partial charge in [0.1, 0.15) is 0 Å². The summed E-state index contributed by atoms with van der Waals surface area (Å²) in [6, 6.07) is 0.255. The predicted molar refractivity (Wildman–Crippen MR) is 44.5 cm³/mol. The third kappa shape index (κ3) is 1.15. The molecule has 0 radical (unpaired) electrons. The van der Waals surface area contributed by atoms with Crippen molar-refractivity contribution in [2.75, 3.05) is 20.1 Å². The molecule has 70 valence electrons. The predicted octanol–water partition coefficient (Wildman–Crippen LogP) is -0.799. The van der Waals surface area contributed by atoms with Crippen LogP contribution in [0, 0.1) is 5.92 Å². The number of likely N-dealkylation sites (tertiary alicyclic amines) is 1. The number of rotatable bonds is 1. The first-order chi connectivity index (χ1) is 5.70. The maximum Gasteiger partial charge on any atom is 0.0973 e. The highest BCUT2D eigenvalue weighted by atomic mass is 16.7. The molecule has 4 unspecified atom stereocenters. The number of aliphatic hydroxyl groups excluding tert-OH is 1. The topological polar surface area (TPSA) is 44.7 Å². The molecule has 2 saturated heterocycles. The van der Waals surface area contributed by atoms with Crippen molar-refractivity contribution in [3.63, 3.8) is 0 Å². The molecule has 2 fully saturated rings. The molecule has 2 rings (SSSR count). The van der Waals surface area contributed by atoms with Crippen LogP contribution in [0.1, 0.15) is 6.92 Å². The molecule has 2 heterocycles. The second-order valence-electron chi connectivity index (χ2n) is 3.84. The Bertz CT molecular complexity index is 174. The van der Waals surface area contributed by atoms with Gasteiger partial charge in [0, 0.05) is 25.0 Å². The lowest BCUT2D eigenvalue weighted by Gasteiger charge is -2.25. The van der Waals surface area contributed by atoms with Gasteiger partial charge >= 0.3 is 0 Å². The first kappa shape index (κ1) is 8.44. The molecule has 12 heavy (non-hydrogen) atoms. The minimum absolute atomic E-state index is 0.255. The zero-order valence-corrected chi connectivity index (χ0v) is 7.53. The first-order valence-electron chi connectivity index (χ1n) is 4.47. The smallest absolute Gasteiger partial charge is 0.0973 e. The molecule has 4 atom stereocenters. The third-order valence-electron chi connectivity index (χ3n) is 2.94. The number of likely N-dealkylation sites (N-methyl/N-ethyl adjacent to an activating group) is 1. The molecule has 4 heteroatoms. The van der Waals surface area contributed by atoms with Crippen molar-refractivity contribution in [3.8, 4) is 0 Å². The highest BCUT2D eigenvalue weighted by Gasteiger charge is 2.45. The van der Waals surface area contributed by atoms with Gasteiger partial charge in [-0.1, -0.05) is 0 Å². The molecule has 0 aromatic carbocycles. The van der Waals surface area contributed by atoms with Gasteiger partial charge in [-0.25, -0.2) is 5.48 Å². The Morgan fingerprint density at radius 2 is 2.42 bits per heavy atom. The summed E-state index contributed by atoms with van der Waals surface area (Å²) < 4.78 is 0. The Labute approximate surface area is 72.5 Å². The van der Waals surface area contributed by atoms with E-state index in [1.807, 2.05) is 14.0 Å². The van der Waals surface area contributed by atoms with E-state index in [-0.39, 0.29) is 18.2 Å². The lowest BCUT2D eigenvalue weighted by molar-refractivity contribution is 0.0295. The second kappa shape index (κ2) is 2.96. The summed E-state index contributed by atoms with van der Waals surface area (Å²) in [5, 5.41) is 9.54. The van der Waals surface area contributed by atoms with E-state index in [2.05, 4.69) is 10.4 Å². The van der Waals surface area contributed by atoms with E-state index in [0.717, 1.165) is 13.1 Å². The van der Waals surface area contributed by atoms with Crippen molar-refractivity contribution in [2.45, 2.75) is 25.2 Å². The van der Waals surface area contributed by atoms with Crippen LogP contribution < -0.4 is 5.48 Å². The Hall–Kier alpha value is -0.160. The average Bonchev–Trinajstić information content (AvgIpc) is 2.44. The van der Waals surface area contributed by atoms with Crippen LogP contribution >= 0.6 is 0 Å². The average molecular weight is 172 g/mol. The van der Waals surface area contributed by atoms with Crippen LogP contribution in [0.5, 0.6) is 0 Å². The minimum atomic E-state index is -0.270. The molecule has 2 N–H and O–H groups in total. The summed E-state index contributed by atoms with van der Waals surface area (Å²) in [6.07, 6.45) is 0.00287. The fourth-order valence-electron chi connectivity index (χ4n) is 2.44. The standard InChI is InChI=1S/C8H16N2O2/c1-5(11)8-6-3-9-12-7(6)4-10(8)2/h5-9,11H,3-4H2,1-2H3. The van der Waals surface area contributed by atoms with E-state index < -0.39 is 0 Å². The fraction of sp³-hybridized carbons (Fsp3) is 1.00. The zero-order chi connectivity index (χ0) is 8.72. The van der Waals surface area contributed by atoms with Gasteiger partial charge in [-0.3, -0.25) is 9.74 Å². The van der Waals surface area contributed by atoms with Crippen molar-refractivity contribution in [3.05, 3.63) is 0 Å². The van der Waals surface area contributed by atoms with Crippen molar-refractivity contribution in [1.82, 2.24) is 10.4 Å². The van der Waals surface area contributed by atoms with E-state index in [4.69, 9.17) is 4.84 Å². The summed E-state index contributed by atoms with van der Waals surface area (Å²) in [6.45, 7) is 3.64. The van der Waals surface area contributed by atoms with Crippen LogP contribution in [0.4, 0.5) is 0 Å². The lowest BCUT2D eigenvalue weighted by Crippen LogP contribution is -2.40. The van der Waals surface area contributed by atoms with E-state index in [1.54, 1.807) is 0 Å². The summed E-state index contributed by atoms with van der Waals surface area (Å²) in [4.78, 5) is 7.51. The number of hydrogen-bond acceptors (Lipinski definition) is 4. The molecule has 2 aliphatic heterocycles. The van der Waals surface area contributed by atoms with Gasteiger partial charge in [-0.05, 0) is 14.0 Å². The largest absolute Gasteiger partial charge is 0.392 e. The highest BCUT2D eigenvalue weighted by Crippen LogP contribution is 2.30. The number of nitrogens with one attached hydrogen (secondary N) is 1. The van der Waals surface area contributed by atoms with Gasteiger partial charge in [0.25, 0.3) is 0 Å². The first-order valence-corrected chi connectivity index (χ1v) is 4.47. The molecule has 2 aliphatic rings. The molecule has 4 nitrogen and oxygen atoms in total. The van der Waals surface area contributed by atoms with Gasteiger partial charge in [0.05, 0.1) is 12.2 Å². The third-order valence-corrected chi connectivity index (χ3v) is 2.94. The number of fused-ring (bicyclic) bond motifs is 1. The summed E-state index contributed by atoms with van der Waals surface area (Å²) in [5.74, 6) is 0.454. The number of hydrogen-bond donors (Lipinski definition) is 2. The van der Waals surface area contributed by atoms with Crippen molar-refractivity contribution in [2.24, 2.45) is 5.92 Å². The van der Waals surface area contributed by atoms with Crippen molar-refractivity contribution < 1.29 is 9.94 Å². The Morgan fingerprint density at radius 1 is 1.67 bits per heavy atom. The zero-order valence-electron chi connectivity index (χ0n) is 7.53. The molecular formula is C8H16N2O2. The van der Waals surface area contributed by atoms with Crippen LogP contribution in [-0.2, 0) is 4.84 Å². The Balaban J connectivity index is 2.10. The number of nitrogens with zero attached hydrogens (tertiary/aromatic N) is 1. The molecular weight excluding hydrogens is 156 g/mol. The molecule has 0 spiro atoms. The van der Waals surface area contributed by atoms with Gasteiger partial charge < -0.3 is 5.11 Å². The molecule has 0 saturated carbocycles. The van der Waals surface area contributed by atoms with Gasteiger partial charge in [0.2, 0.25) is 0 Å². The summed E-state index contributed by atoms with van der Waals surface area (Å²) >= 11 is 0. The SMILES string of the molecule is CC(O)C1C2CNOC2CN1C. The molecule has 0 aliphatic carbocycles. The number of hydroxylamine groups is 1. The van der Waals surface area contributed by atoms with Gasteiger partial charge in [-0.15, -0.1) is 0 Å². The van der Waals surface area contributed by atoms with Crippen LogP contribution in [0.2, 0.25) is 0 Å². The minimum Gasteiger partial charge on any atom is -0.392 e. The van der Waals surface area contributed by atoms with Crippen LogP contribution in [0.15, 0.2) is 0 Å². The molecule has 0 aromatic rings. The fourth-order valence-corrected chi connectivity index (χ4v) is 2.44. The summed E-state index contributed by atoms with van der Waals surface area (Å²) in [7, 11) is 2.04. The van der Waals surface area contributed by atoms with Crippen LogP contribution in [-0.4, -0.2) is 48.4 Å². The van der Waals surface area contributed by atoms with E-state index in [9.17, 15) is 5.11 Å². The summed E-state index contributed by atoms with van der Waals surface area (Å²) in [5.41, 5.74) is 2.89. The maximum absolute atomic E-state index is 9.54. The van der Waals surface area contributed by atoms with E-state index in [0.29, 0.717) is 5.92 Å². The maximum atomic E-state index is 9.54. The molecule has 0 amide bonds. The van der Waals surface area contributed by atoms with E-state index in [1.165, 1.54) is 0 Å². The molecule has 0 bridgehead atoms. The van der Waals surface area contributed by atoms with Crippen LogP contribution in [0.3, 0.4) is 0 Å². The highest BCUT2D eigenvalue weighted by molar-refractivity contribution is 4.97. The quantitative estimate of drug-likeness (QED) is 0.543. The Kier molecular flexibility index (Phi) is 2.08. The number of aliphatic hydroxyl groups is 1. The van der Waals surface area contributed by atoms with Gasteiger partial charge in [-0.2, -0.15) is 0 Å².